The van der Waals surface area contributed by atoms with E-state index in [0.29, 0.717) is 10.5 Å². The first-order chi connectivity index (χ1) is 8.65. The van der Waals surface area contributed by atoms with Gasteiger partial charge in [0.2, 0.25) is 0 Å². The fraction of sp³-hybridized carbons (Fsp3) is 0.286. The number of fused-ring (bicyclic) bond motifs is 2. The summed E-state index contributed by atoms with van der Waals surface area (Å²) in [6.45, 7) is 0. The van der Waals surface area contributed by atoms with Crippen molar-refractivity contribution in [1.82, 2.24) is 4.98 Å². The Kier molecular flexibility index (Phi) is 2.71. The highest BCUT2D eigenvalue weighted by atomic mass is 35.5. The minimum Gasteiger partial charge on any atom is -0.478 e. The van der Waals surface area contributed by atoms with E-state index in [1.54, 1.807) is 6.07 Å². The van der Waals surface area contributed by atoms with Crippen LogP contribution in [0.5, 0.6) is 0 Å². The number of aryl methyl sites for hydroxylation is 2. The molecule has 1 N–H and O–H groups in total. The molecule has 0 radical (unpaired) electrons. The van der Waals surface area contributed by atoms with Crippen LogP contribution in [0, 0.1) is 0 Å². The predicted molar refractivity (Wildman–Crippen MR) is 70.4 cm³/mol. The Hall–Kier alpha value is -1.61. The lowest BCUT2D eigenvalue weighted by Gasteiger charge is -2.16. The molecule has 92 valence electrons. The normalized spacial score (nSPS) is 14.5. The second-order valence-electron chi connectivity index (χ2n) is 4.63. The molecule has 0 aliphatic heterocycles. The Bertz CT molecular complexity index is 652. The van der Waals surface area contributed by atoms with Gasteiger partial charge in [0.05, 0.1) is 16.1 Å². The van der Waals surface area contributed by atoms with Gasteiger partial charge in [-0.25, -0.2) is 4.79 Å². The number of rotatable bonds is 1. The molecule has 1 heterocycles. The highest BCUT2D eigenvalue weighted by Gasteiger charge is 2.15. The Morgan fingerprint density at radius 3 is 2.78 bits per heavy atom. The molecular weight excluding hydrogens is 250 g/mol. The Morgan fingerprint density at radius 2 is 2.00 bits per heavy atom. The van der Waals surface area contributed by atoms with Gasteiger partial charge in [0, 0.05) is 11.1 Å². The number of aromatic carboxylic acids is 1. The summed E-state index contributed by atoms with van der Waals surface area (Å²) in [5, 5.41) is 10.3. The van der Waals surface area contributed by atoms with Crippen LogP contribution >= 0.6 is 11.6 Å². The third-order valence-electron chi connectivity index (χ3n) is 3.41. The van der Waals surface area contributed by atoms with Gasteiger partial charge in [-0.2, -0.15) is 0 Å². The molecule has 1 aliphatic rings. The number of hydrogen-bond donors (Lipinski definition) is 1. The number of carboxylic acids is 1. The zero-order valence-corrected chi connectivity index (χ0v) is 10.5. The van der Waals surface area contributed by atoms with Gasteiger partial charge in [0.15, 0.2) is 0 Å². The van der Waals surface area contributed by atoms with Crippen molar-refractivity contribution in [1.29, 1.82) is 0 Å². The van der Waals surface area contributed by atoms with Gasteiger partial charge in [0.1, 0.15) is 0 Å². The molecule has 0 fully saturated rings. The third-order valence-corrected chi connectivity index (χ3v) is 3.72. The van der Waals surface area contributed by atoms with Crippen LogP contribution in [0.25, 0.3) is 10.9 Å². The zero-order chi connectivity index (χ0) is 12.7. The average Bonchev–Trinajstić information content (AvgIpc) is 2.36. The predicted octanol–water partition coefficient (Wildman–Crippen LogP) is 3.47. The van der Waals surface area contributed by atoms with Gasteiger partial charge in [-0.3, -0.25) is 4.98 Å². The maximum absolute atomic E-state index is 11.0. The van der Waals surface area contributed by atoms with Gasteiger partial charge >= 0.3 is 5.97 Å². The molecule has 1 aliphatic carbocycles. The number of benzene rings is 1. The van der Waals surface area contributed by atoms with Crippen molar-refractivity contribution >= 4 is 28.5 Å². The molecule has 18 heavy (non-hydrogen) atoms. The van der Waals surface area contributed by atoms with Crippen molar-refractivity contribution in [3.05, 3.63) is 40.0 Å². The van der Waals surface area contributed by atoms with E-state index < -0.39 is 5.97 Å². The number of carboxylic acid groups (broad SMARTS) is 1. The quantitative estimate of drug-likeness (QED) is 0.855. The van der Waals surface area contributed by atoms with E-state index in [9.17, 15) is 4.79 Å². The molecule has 3 nitrogen and oxygen atoms in total. The van der Waals surface area contributed by atoms with Crippen LogP contribution in [0.3, 0.4) is 0 Å². The number of nitrogens with zero attached hydrogens (tertiary/aromatic N) is 1. The van der Waals surface area contributed by atoms with Crippen LogP contribution in [-0.4, -0.2) is 16.1 Å². The summed E-state index contributed by atoms with van der Waals surface area (Å²) in [6, 6.07) is 5.15. The molecule has 3 rings (SSSR count). The maximum Gasteiger partial charge on any atom is 0.335 e. The summed E-state index contributed by atoms with van der Waals surface area (Å²) >= 11 is 6.15. The van der Waals surface area contributed by atoms with Crippen molar-refractivity contribution < 1.29 is 9.90 Å². The standard InChI is InChI=1S/C14H12ClNO2/c15-11-6-9(14(17)18)7-13-10(11)5-8-3-1-2-4-12(8)16-13/h5-7H,1-4H2,(H,17,18). The topological polar surface area (TPSA) is 50.2 Å². The maximum atomic E-state index is 11.0. The van der Waals surface area contributed by atoms with Gasteiger partial charge in [-0.15, -0.1) is 0 Å². The molecule has 0 spiro atoms. The van der Waals surface area contributed by atoms with Crippen LogP contribution in [0.4, 0.5) is 0 Å². The Morgan fingerprint density at radius 1 is 1.22 bits per heavy atom. The highest BCUT2D eigenvalue weighted by molar-refractivity contribution is 6.35. The average molecular weight is 262 g/mol. The van der Waals surface area contributed by atoms with Crippen molar-refractivity contribution in [2.45, 2.75) is 25.7 Å². The molecule has 0 saturated heterocycles. The van der Waals surface area contributed by atoms with E-state index in [1.165, 1.54) is 18.1 Å². The Labute approximate surface area is 109 Å². The number of pyridine rings is 1. The SMILES string of the molecule is O=C(O)c1cc(Cl)c2cc3c(nc2c1)CCCC3. The van der Waals surface area contributed by atoms with E-state index >= 15 is 0 Å². The van der Waals surface area contributed by atoms with Crippen LogP contribution in [0.15, 0.2) is 18.2 Å². The van der Waals surface area contributed by atoms with Crippen molar-refractivity contribution in [2.24, 2.45) is 0 Å². The molecule has 2 aromatic rings. The van der Waals surface area contributed by atoms with E-state index in [1.807, 2.05) is 0 Å². The first kappa shape index (κ1) is 11.5. The molecule has 0 atom stereocenters. The first-order valence-corrected chi connectivity index (χ1v) is 6.38. The lowest BCUT2D eigenvalue weighted by atomic mass is 9.94. The summed E-state index contributed by atoms with van der Waals surface area (Å²) in [5.41, 5.74) is 3.21. The molecule has 4 heteroatoms. The van der Waals surface area contributed by atoms with E-state index in [0.717, 1.165) is 30.3 Å². The fourth-order valence-corrected chi connectivity index (χ4v) is 2.75. The van der Waals surface area contributed by atoms with Crippen LogP contribution in [0.1, 0.15) is 34.5 Å². The molecule has 0 bridgehead atoms. The van der Waals surface area contributed by atoms with Crippen molar-refractivity contribution in [3.8, 4) is 0 Å². The van der Waals surface area contributed by atoms with Gasteiger partial charge in [-0.05, 0) is 49.4 Å². The van der Waals surface area contributed by atoms with E-state index in [4.69, 9.17) is 16.7 Å². The van der Waals surface area contributed by atoms with Crippen molar-refractivity contribution in [3.63, 3.8) is 0 Å². The summed E-state index contributed by atoms with van der Waals surface area (Å²) < 4.78 is 0. The highest BCUT2D eigenvalue weighted by Crippen LogP contribution is 2.29. The number of halogens is 1. The lowest BCUT2D eigenvalue weighted by Crippen LogP contribution is -2.06. The molecular formula is C14H12ClNO2. The smallest absolute Gasteiger partial charge is 0.335 e. The van der Waals surface area contributed by atoms with E-state index in [-0.39, 0.29) is 5.56 Å². The largest absolute Gasteiger partial charge is 0.478 e. The monoisotopic (exact) mass is 261 g/mol. The molecule has 0 unspecified atom stereocenters. The summed E-state index contributed by atoms with van der Waals surface area (Å²) in [7, 11) is 0. The number of aromatic nitrogens is 1. The van der Waals surface area contributed by atoms with Crippen LogP contribution in [0.2, 0.25) is 5.02 Å². The van der Waals surface area contributed by atoms with Gasteiger partial charge in [0.25, 0.3) is 0 Å². The van der Waals surface area contributed by atoms with Gasteiger partial charge < -0.3 is 5.11 Å². The van der Waals surface area contributed by atoms with Gasteiger partial charge in [-0.1, -0.05) is 11.6 Å². The van der Waals surface area contributed by atoms with Crippen LogP contribution in [-0.2, 0) is 12.8 Å². The minimum absolute atomic E-state index is 0.191. The minimum atomic E-state index is -0.974. The molecule has 0 amide bonds. The molecule has 1 aromatic carbocycles. The molecule has 0 saturated carbocycles. The van der Waals surface area contributed by atoms with Crippen LogP contribution < -0.4 is 0 Å². The number of carbonyl (C=O) groups is 1. The second kappa shape index (κ2) is 4.25. The number of hydrogen-bond acceptors (Lipinski definition) is 2. The fourth-order valence-electron chi connectivity index (χ4n) is 2.48. The molecule has 1 aromatic heterocycles. The van der Waals surface area contributed by atoms with Crippen molar-refractivity contribution in [2.75, 3.05) is 0 Å². The first-order valence-electron chi connectivity index (χ1n) is 6.00. The zero-order valence-electron chi connectivity index (χ0n) is 9.74. The third kappa shape index (κ3) is 1.85. The lowest BCUT2D eigenvalue weighted by molar-refractivity contribution is 0.0697. The second-order valence-corrected chi connectivity index (χ2v) is 5.04. The summed E-state index contributed by atoms with van der Waals surface area (Å²) in [6.07, 6.45) is 4.35. The van der Waals surface area contributed by atoms with E-state index in [2.05, 4.69) is 11.1 Å². The Balaban J connectivity index is 2.27. The summed E-state index contributed by atoms with van der Waals surface area (Å²) in [5.74, 6) is -0.974. The summed E-state index contributed by atoms with van der Waals surface area (Å²) in [4.78, 5) is 15.6.